The number of aldehydes is 1. The zero-order chi connectivity index (χ0) is 31.1. The van der Waals surface area contributed by atoms with Gasteiger partial charge in [0.1, 0.15) is 18.8 Å². The van der Waals surface area contributed by atoms with E-state index >= 15 is 0 Å². The van der Waals surface area contributed by atoms with Gasteiger partial charge in [0.25, 0.3) is 0 Å². The van der Waals surface area contributed by atoms with Gasteiger partial charge in [-0.25, -0.2) is 0 Å². The molecule has 0 saturated heterocycles. The lowest BCUT2D eigenvalue weighted by Crippen LogP contribution is -2.50. The first-order valence-electron chi connectivity index (χ1n) is 14.6. The Morgan fingerprint density at radius 1 is 1.02 bits per heavy atom. The molecule has 0 heterocycles. The van der Waals surface area contributed by atoms with Crippen molar-refractivity contribution in [1.82, 2.24) is 0 Å². The fourth-order valence-corrected chi connectivity index (χ4v) is 5.69. The number of hydrogen-bond donors (Lipinski definition) is 0. The van der Waals surface area contributed by atoms with Crippen molar-refractivity contribution in [3.63, 3.8) is 0 Å². The molecule has 0 aromatic heterocycles. The van der Waals surface area contributed by atoms with Crippen LogP contribution in [-0.2, 0) is 34.8 Å². The van der Waals surface area contributed by atoms with Crippen LogP contribution in [0.15, 0.2) is 48.1 Å². The maximum Gasteiger partial charge on any atom is 0.192 e. The van der Waals surface area contributed by atoms with Gasteiger partial charge in [-0.1, -0.05) is 65.0 Å². The highest BCUT2D eigenvalue weighted by molar-refractivity contribution is 6.74. The third-order valence-corrected chi connectivity index (χ3v) is 12.2. The standard InChI is InChI=1S/C33H56O7Si/c1-12-13-25(2)20-26(3)32(40-41(10,11)33(5,6)7)30(23-38-24-37-19-18-35-8)31(27(4)21-34)39-22-28-14-16-29(36-9)17-15-28/h12-17,20-21,25,27,30-32H,18-19,22-24H2,1-11H3/b13-12-,26-20+/t25-,27+,30-,31+,32+/m0/s1. The van der Waals surface area contributed by atoms with Crippen molar-refractivity contribution < 1.29 is 32.9 Å². The smallest absolute Gasteiger partial charge is 0.192 e. The van der Waals surface area contributed by atoms with Crippen molar-refractivity contribution in [2.24, 2.45) is 17.8 Å². The number of methoxy groups -OCH3 is 2. The molecule has 0 aliphatic heterocycles. The zero-order valence-electron chi connectivity index (χ0n) is 27.4. The Balaban J connectivity index is 3.51. The molecule has 0 saturated carbocycles. The predicted molar refractivity (Wildman–Crippen MR) is 169 cm³/mol. The Morgan fingerprint density at radius 2 is 1.68 bits per heavy atom. The fourth-order valence-electron chi connectivity index (χ4n) is 4.34. The van der Waals surface area contributed by atoms with E-state index in [2.05, 4.69) is 65.9 Å². The number of hydrogen-bond acceptors (Lipinski definition) is 7. The molecule has 0 unspecified atom stereocenters. The van der Waals surface area contributed by atoms with E-state index in [0.717, 1.165) is 23.2 Å². The molecule has 234 valence electrons. The van der Waals surface area contributed by atoms with Gasteiger partial charge < -0.3 is 32.9 Å². The van der Waals surface area contributed by atoms with E-state index in [1.165, 1.54) is 0 Å². The molecule has 0 aliphatic carbocycles. The summed E-state index contributed by atoms with van der Waals surface area (Å²) in [6, 6.07) is 7.77. The third-order valence-electron chi connectivity index (χ3n) is 7.75. The van der Waals surface area contributed by atoms with Gasteiger partial charge in [-0.05, 0) is 61.2 Å². The molecule has 0 bridgehead atoms. The minimum absolute atomic E-state index is 0.00907. The molecule has 5 atom stereocenters. The molecule has 8 heteroatoms. The summed E-state index contributed by atoms with van der Waals surface area (Å²) in [6.45, 7) is 21.1. The molecule has 1 aromatic rings. The maximum absolute atomic E-state index is 12.3. The van der Waals surface area contributed by atoms with Crippen molar-refractivity contribution in [2.45, 2.75) is 85.4 Å². The molecule has 0 radical (unpaired) electrons. The molecular formula is C33H56O7Si. The first-order valence-corrected chi connectivity index (χ1v) is 17.5. The second-order valence-electron chi connectivity index (χ2n) is 12.3. The van der Waals surface area contributed by atoms with Crippen molar-refractivity contribution >= 4 is 14.6 Å². The number of ether oxygens (including phenoxy) is 5. The summed E-state index contributed by atoms with van der Waals surface area (Å²) >= 11 is 0. The molecule has 41 heavy (non-hydrogen) atoms. The third kappa shape index (κ3) is 12.9. The molecule has 0 spiro atoms. The largest absolute Gasteiger partial charge is 0.497 e. The SMILES string of the molecule is C/C=C\[C@H](C)/C=C(\C)[C@@H](O[Si](C)(C)C(C)(C)C)[C@@H](COCOCCOC)[C@H](OCc1ccc(OC)cc1)[C@H](C)C=O. The van der Waals surface area contributed by atoms with Crippen LogP contribution in [0.1, 0.15) is 54.0 Å². The van der Waals surface area contributed by atoms with E-state index < -0.39 is 14.4 Å². The number of carbonyl (C=O) groups is 1. The van der Waals surface area contributed by atoms with Gasteiger partial charge in [0.2, 0.25) is 0 Å². The van der Waals surface area contributed by atoms with Gasteiger partial charge in [-0.3, -0.25) is 0 Å². The average molecular weight is 593 g/mol. The summed E-state index contributed by atoms with van der Waals surface area (Å²) in [4.78, 5) is 12.3. The van der Waals surface area contributed by atoms with E-state index in [4.69, 9.17) is 28.1 Å². The predicted octanol–water partition coefficient (Wildman–Crippen LogP) is 7.22. The molecule has 1 rings (SSSR count). The quantitative estimate of drug-likeness (QED) is 0.0520. The van der Waals surface area contributed by atoms with Gasteiger partial charge in [0, 0.05) is 18.9 Å². The van der Waals surface area contributed by atoms with Gasteiger partial charge in [0.05, 0.1) is 45.7 Å². The van der Waals surface area contributed by atoms with Crippen molar-refractivity contribution in [3.05, 3.63) is 53.6 Å². The van der Waals surface area contributed by atoms with Crippen LogP contribution in [0.5, 0.6) is 5.75 Å². The van der Waals surface area contributed by atoms with E-state index in [1.807, 2.05) is 38.1 Å². The van der Waals surface area contributed by atoms with Gasteiger partial charge in [0.15, 0.2) is 8.32 Å². The van der Waals surface area contributed by atoms with Crippen LogP contribution < -0.4 is 4.74 Å². The average Bonchev–Trinajstić information content (AvgIpc) is 2.92. The first-order chi connectivity index (χ1) is 19.3. The Bertz CT molecular complexity index is 921. The normalized spacial score (nSPS) is 16.8. The summed E-state index contributed by atoms with van der Waals surface area (Å²) in [5, 5.41) is -0.00907. The highest BCUT2D eigenvalue weighted by Gasteiger charge is 2.44. The lowest BCUT2D eigenvalue weighted by molar-refractivity contribution is -0.132. The van der Waals surface area contributed by atoms with Crippen LogP contribution in [0, 0.1) is 17.8 Å². The minimum atomic E-state index is -2.24. The van der Waals surface area contributed by atoms with E-state index in [9.17, 15) is 4.79 Å². The highest BCUT2D eigenvalue weighted by Crippen LogP contribution is 2.40. The van der Waals surface area contributed by atoms with Crippen LogP contribution in [-0.4, -0.2) is 67.6 Å². The van der Waals surface area contributed by atoms with Gasteiger partial charge in [-0.15, -0.1) is 0 Å². The summed E-state index contributed by atoms with van der Waals surface area (Å²) in [5.41, 5.74) is 2.10. The van der Waals surface area contributed by atoms with Crippen LogP contribution in [0.2, 0.25) is 18.1 Å². The number of rotatable bonds is 20. The monoisotopic (exact) mass is 592 g/mol. The Morgan fingerprint density at radius 3 is 2.22 bits per heavy atom. The van der Waals surface area contributed by atoms with E-state index in [0.29, 0.717) is 26.4 Å². The molecule has 0 fully saturated rings. The van der Waals surface area contributed by atoms with Gasteiger partial charge >= 0.3 is 0 Å². The first kappa shape index (κ1) is 37.2. The Labute approximate surface area is 250 Å². The maximum atomic E-state index is 12.3. The summed E-state index contributed by atoms with van der Waals surface area (Å²) < 4.78 is 35.8. The molecule has 1 aromatic carbocycles. The Hall–Kier alpha value is -1.81. The zero-order valence-corrected chi connectivity index (χ0v) is 28.4. The van der Waals surface area contributed by atoms with Crippen LogP contribution in [0.25, 0.3) is 0 Å². The molecule has 0 aliphatic rings. The lowest BCUT2D eigenvalue weighted by Gasteiger charge is -2.44. The number of benzene rings is 1. The second kappa shape index (κ2) is 18.7. The summed E-state index contributed by atoms with van der Waals surface area (Å²) in [7, 11) is 1.05. The van der Waals surface area contributed by atoms with Crippen molar-refractivity contribution in [1.29, 1.82) is 0 Å². The summed E-state index contributed by atoms with van der Waals surface area (Å²) in [6.07, 6.45) is 6.66. The van der Waals surface area contributed by atoms with Crippen LogP contribution in [0.3, 0.4) is 0 Å². The molecular weight excluding hydrogens is 536 g/mol. The van der Waals surface area contributed by atoms with Crippen LogP contribution in [0.4, 0.5) is 0 Å². The second-order valence-corrected chi connectivity index (χ2v) is 17.0. The number of allylic oxidation sites excluding steroid dienone is 3. The molecule has 0 N–H and O–H groups in total. The topological polar surface area (TPSA) is 72.5 Å². The fraction of sp³-hybridized carbons (Fsp3) is 0.667. The van der Waals surface area contributed by atoms with Crippen molar-refractivity contribution in [3.8, 4) is 5.75 Å². The van der Waals surface area contributed by atoms with E-state index in [1.54, 1.807) is 14.2 Å². The minimum Gasteiger partial charge on any atom is -0.497 e. The Kier molecular flexibility index (Phi) is 16.9. The lowest BCUT2D eigenvalue weighted by atomic mass is 9.85. The molecule has 7 nitrogen and oxygen atoms in total. The van der Waals surface area contributed by atoms with E-state index in [-0.39, 0.29) is 35.7 Å². The number of carbonyl (C=O) groups excluding carboxylic acids is 1. The highest BCUT2D eigenvalue weighted by atomic mass is 28.4. The van der Waals surface area contributed by atoms with Crippen LogP contribution >= 0.6 is 0 Å². The molecule has 0 amide bonds. The summed E-state index contributed by atoms with van der Waals surface area (Å²) in [5.74, 6) is 0.363. The van der Waals surface area contributed by atoms with Gasteiger partial charge in [-0.2, -0.15) is 0 Å². The van der Waals surface area contributed by atoms with Crippen molar-refractivity contribution in [2.75, 3.05) is 40.8 Å².